The van der Waals surface area contributed by atoms with E-state index in [0.717, 1.165) is 11.1 Å². The summed E-state index contributed by atoms with van der Waals surface area (Å²) in [6.07, 6.45) is 0. The van der Waals surface area contributed by atoms with E-state index in [1.54, 1.807) is 24.3 Å². The van der Waals surface area contributed by atoms with Gasteiger partial charge in [0.15, 0.2) is 5.78 Å². The molecule has 2 rings (SSSR count). The third-order valence-corrected chi connectivity index (χ3v) is 3.37. The number of nitrogens with one attached hydrogen (secondary N) is 2. The highest BCUT2D eigenvalue weighted by atomic mass is 16.2. The van der Waals surface area contributed by atoms with Crippen LogP contribution in [0.1, 0.15) is 28.4 Å². The zero-order valence-corrected chi connectivity index (χ0v) is 13.3. The van der Waals surface area contributed by atoms with Crippen molar-refractivity contribution in [3.8, 4) is 0 Å². The lowest BCUT2D eigenvalue weighted by Gasteiger charge is -2.10. The Hall–Kier alpha value is -2.95. The van der Waals surface area contributed by atoms with Crippen LogP contribution in [0.3, 0.4) is 0 Å². The number of carbonyl (C=O) groups is 3. The van der Waals surface area contributed by atoms with E-state index >= 15 is 0 Å². The Balaban J connectivity index is 2.08. The van der Waals surface area contributed by atoms with Crippen LogP contribution in [0.25, 0.3) is 0 Å². The first-order valence-electron chi connectivity index (χ1n) is 7.17. The van der Waals surface area contributed by atoms with Crippen molar-refractivity contribution >= 4 is 29.0 Å². The topological polar surface area (TPSA) is 75.3 Å². The summed E-state index contributed by atoms with van der Waals surface area (Å²) in [7, 11) is 0. The third-order valence-electron chi connectivity index (χ3n) is 3.37. The minimum absolute atomic E-state index is 0.110. The molecule has 0 unspecified atom stereocenters. The van der Waals surface area contributed by atoms with Crippen molar-refractivity contribution in [2.24, 2.45) is 0 Å². The van der Waals surface area contributed by atoms with Gasteiger partial charge in [0.1, 0.15) is 0 Å². The number of ketones is 1. The molecule has 0 saturated carbocycles. The van der Waals surface area contributed by atoms with E-state index in [0.29, 0.717) is 16.9 Å². The fraction of sp³-hybridized carbons (Fsp3) is 0.167. The van der Waals surface area contributed by atoms with Crippen molar-refractivity contribution in [2.75, 3.05) is 10.6 Å². The highest BCUT2D eigenvalue weighted by molar-refractivity contribution is 6.43. The van der Waals surface area contributed by atoms with Crippen LogP contribution in [0.4, 0.5) is 11.4 Å². The molecule has 118 valence electrons. The standard InChI is InChI=1S/C18H18N2O3/c1-11-7-8-12(2)16(9-11)20-18(23)17(22)19-15-6-4-5-14(10-15)13(3)21/h4-10H,1-3H3,(H,19,22)(H,20,23). The van der Waals surface area contributed by atoms with Crippen LogP contribution in [0.2, 0.25) is 0 Å². The van der Waals surface area contributed by atoms with Crippen molar-refractivity contribution < 1.29 is 14.4 Å². The summed E-state index contributed by atoms with van der Waals surface area (Å²) in [4.78, 5) is 35.3. The van der Waals surface area contributed by atoms with Crippen LogP contribution in [-0.2, 0) is 9.59 Å². The van der Waals surface area contributed by atoms with Gasteiger partial charge < -0.3 is 10.6 Å². The molecule has 0 bridgehead atoms. The molecule has 2 amide bonds. The second-order valence-corrected chi connectivity index (χ2v) is 5.36. The quantitative estimate of drug-likeness (QED) is 0.675. The van der Waals surface area contributed by atoms with Crippen LogP contribution < -0.4 is 10.6 Å². The number of hydrogen-bond acceptors (Lipinski definition) is 3. The third kappa shape index (κ3) is 4.26. The van der Waals surface area contributed by atoms with E-state index in [2.05, 4.69) is 10.6 Å². The molecule has 0 fully saturated rings. The zero-order valence-electron chi connectivity index (χ0n) is 13.3. The second kappa shape index (κ2) is 6.87. The van der Waals surface area contributed by atoms with Gasteiger partial charge in [-0.2, -0.15) is 0 Å². The minimum atomic E-state index is -0.786. The van der Waals surface area contributed by atoms with E-state index in [9.17, 15) is 14.4 Å². The van der Waals surface area contributed by atoms with Gasteiger partial charge in [0, 0.05) is 16.9 Å². The smallest absolute Gasteiger partial charge is 0.314 e. The molecule has 2 aromatic rings. The van der Waals surface area contributed by atoms with Crippen LogP contribution in [0.5, 0.6) is 0 Å². The van der Waals surface area contributed by atoms with Crippen LogP contribution in [-0.4, -0.2) is 17.6 Å². The molecule has 0 heterocycles. The molecule has 0 aliphatic heterocycles. The number of carbonyl (C=O) groups excluding carboxylic acids is 3. The Labute approximate surface area is 134 Å². The SMILES string of the molecule is CC(=O)c1cccc(NC(=O)C(=O)Nc2cc(C)ccc2C)c1. The molecule has 0 aliphatic carbocycles. The number of anilines is 2. The molecule has 0 radical (unpaired) electrons. The van der Waals surface area contributed by atoms with Crippen LogP contribution in [0, 0.1) is 13.8 Å². The van der Waals surface area contributed by atoms with Gasteiger partial charge in [-0.1, -0.05) is 24.3 Å². The predicted molar refractivity (Wildman–Crippen MR) is 89.6 cm³/mol. The Kier molecular flexibility index (Phi) is 4.91. The number of benzene rings is 2. The first-order valence-corrected chi connectivity index (χ1v) is 7.17. The Morgan fingerprint density at radius 1 is 0.870 bits per heavy atom. The lowest BCUT2D eigenvalue weighted by atomic mass is 10.1. The van der Waals surface area contributed by atoms with Crippen molar-refractivity contribution in [1.29, 1.82) is 0 Å². The summed E-state index contributed by atoms with van der Waals surface area (Å²) in [6, 6.07) is 12.1. The van der Waals surface area contributed by atoms with E-state index in [-0.39, 0.29) is 5.78 Å². The monoisotopic (exact) mass is 310 g/mol. The molecule has 5 heteroatoms. The molecule has 5 nitrogen and oxygen atoms in total. The second-order valence-electron chi connectivity index (χ2n) is 5.36. The maximum absolute atomic E-state index is 12.0. The Morgan fingerprint density at radius 2 is 1.57 bits per heavy atom. The summed E-state index contributed by atoms with van der Waals surface area (Å²) < 4.78 is 0. The molecule has 0 saturated heterocycles. The first-order chi connectivity index (χ1) is 10.9. The van der Waals surface area contributed by atoms with Gasteiger partial charge in [0.2, 0.25) is 0 Å². The van der Waals surface area contributed by atoms with E-state index < -0.39 is 11.8 Å². The summed E-state index contributed by atoms with van der Waals surface area (Å²) in [5.41, 5.74) is 3.33. The number of rotatable bonds is 3. The Bertz CT molecular complexity index is 782. The van der Waals surface area contributed by atoms with Gasteiger partial charge in [-0.05, 0) is 50.1 Å². The van der Waals surface area contributed by atoms with Crippen molar-refractivity contribution in [3.05, 3.63) is 59.2 Å². The fourth-order valence-electron chi connectivity index (χ4n) is 2.05. The van der Waals surface area contributed by atoms with Gasteiger partial charge in [0.25, 0.3) is 0 Å². The number of amides is 2. The highest BCUT2D eigenvalue weighted by Gasteiger charge is 2.15. The van der Waals surface area contributed by atoms with Crippen molar-refractivity contribution in [3.63, 3.8) is 0 Å². The van der Waals surface area contributed by atoms with E-state index in [1.807, 2.05) is 26.0 Å². The van der Waals surface area contributed by atoms with Gasteiger partial charge in [-0.3, -0.25) is 14.4 Å². The van der Waals surface area contributed by atoms with E-state index in [1.165, 1.54) is 13.0 Å². The number of aryl methyl sites for hydroxylation is 2. The lowest BCUT2D eigenvalue weighted by molar-refractivity contribution is -0.133. The maximum atomic E-state index is 12.0. The minimum Gasteiger partial charge on any atom is -0.318 e. The van der Waals surface area contributed by atoms with Gasteiger partial charge in [-0.25, -0.2) is 0 Å². The largest absolute Gasteiger partial charge is 0.318 e. The summed E-state index contributed by atoms with van der Waals surface area (Å²) in [5.74, 6) is -1.65. The summed E-state index contributed by atoms with van der Waals surface area (Å²) in [5, 5.41) is 5.08. The number of Topliss-reactive ketones (excluding diaryl/α,β-unsaturated/α-hetero) is 1. The highest BCUT2D eigenvalue weighted by Crippen LogP contribution is 2.16. The average molecular weight is 310 g/mol. The normalized spacial score (nSPS) is 10.0. The fourth-order valence-corrected chi connectivity index (χ4v) is 2.05. The van der Waals surface area contributed by atoms with E-state index in [4.69, 9.17) is 0 Å². The van der Waals surface area contributed by atoms with Crippen molar-refractivity contribution in [1.82, 2.24) is 0 Å². The molecule has 0 aromatic heterocycles. The molecule has 2 N–H and O–H groups in total. The van der Waals surface area contributed by atoms with Gasteiger partial charge in [-0.15, -0.1) is 0 Å². The molecule has 0 aliphatic rings. The van der Waals surface area contributed by atoms with Crippen molar-refractivity contribution in [2.45, 2.75) is 20.8 Å². The zero-order chi connectivity index (χ0) is 17.0. The van der Waals surface area contributed by atoms with Crippen LogP contribution in [0.15, 0.2) is 42.5 Å². The molecular formula is C18H18N2O3. The maximum Gasteiger partial charge on any atom is 0.314 e. The Morgan fingerprint density at radius 3 is 2.26 bits per heavy atom. The van der Waals surface area contributed by atoms with Crippen LogP contribution >= 0.6 is 0 Å². The van der Waals surface area contributed by atoms with Gasteiger partial charge >= 0.3 is 11.8 Å². The summed E-state index contributed by atoms with van der Waals surface area (Å²) in [6.45, 7) is 5.19. The predicted octanol–water partition coefficient (Wildman–Crippen LogP) is 3.08. The molecule has 2 aromatic carbocycles. The van der Waals surface area contributed by atoms with Gasteiger partial charge in [0.05, 0.1) is 0 Å². The molecular weight excluding hydrogens is 292 g/mol. The molecule has 0 spiro atoms. The number of hydrogen-bond donors (Lipinski definition) is 2. The summed E-state index contributed by atoms with van der Waals surface area (Å²) >= 11 is 0. The first kappa shape index (κ1) is 16.4. The molecule has 0 atom stereocenters. The average Bonchev–Trinajstić information content (AvgIpc) is 2.51. The molecule has 23 heavy (non-hydrogen) atoms. The lowest BCUT2D eigenvalue weighted by Crippen LogP contribution is -2.29.